The van der Waals surface area contributed by atoms with Crippen LogP contribution in [0.4, 0.5) is 5.69 Å². The maximum absolute atomic E-state index is 6.00. The molecule has 29 heavy (non-hydrogen) atoms. The molecule has 2 aromatic rings. The molecule has 2 fully saturated rings. The Bertz CT molecular complexity index is 909. The summed E-state index contributed by atoms with van der Waals surface area (Å²) >= 11 is 0. The third-order valence-corrected chi connectivity index (χ3v) is 6.53. The van der Waals surface area contributed by atoms with Gasteiger partial charge in [0.1, 0.15) is 5.60 Å². The van der Waals surface area contributed by atoms with Gasteiger partial charge in [-0.1, -0.05) is 19.3 Å². The van der Waals surface area contributed by atoms with Crippen LogP contribution in [-0.4, -0.2) is 39.1 Å². The van der Waals surface area contributed by atoms with Crippen molar-refractivity contribution in [3.63, 3.8) is 0 Å². The number of nitrogens with zero attached hydrogens (tertiary/aromatic N) is 3. The molecule has 0 unspecified atom stereocenters. The van der Waals surface area contributed by atoms with Crippen LogP contribution in [0, 0.1) is 0 Å². The molecular formula is C22H31N5O2. The fourth-order valence-electron chi connectivity index (χ4n) is 4.95. The predicted molar refractivity (Wildman–Crippen MR) is 113 cm³/mol. The van der Waals surface area contributed by atoms with Crippen molar-refractivity contribution >= 4 is 22.4 Å². The van der Waals surface area contributed by atoms with Crippen molar-refractivity contribution in [2.24, 2.45) is 0 Å². The summed E-state index contributed by atoms with van der Waals surface area (Å²) in [6, 6.07) is 0.501. The normalized spacial score (nSPS) is 27.1. The van der Waals surface area contributed by atoms with Gasteiger partial charge >= 0.3 is 0 Å². The van der Waals surface area contributed by atoms with Crippen molar-refractivity contribution in [2.45, 2.75) is 83.1 Å². The quantitative estimate of drug-likeness (QED) is 0.767. The molecule has 0 saturated heterocycles. The van der Waals surface area contributed by atoms with Gasteiger partial charge < -0.3 is 10.1 Å². The Hall–Kier alpha value is -2.12. The van der Waals surface area contributed by atoms with Crippen LogP contribution in [0.3, 0.4) is 0 Å². The Labute approximate surface area is 171 Å². The van der Waals surface area contributed by atoms with Crippen LogP contribution in [0.25, 0.3) is 16.7 Å². The highest BCUT2D eigenvalue weighted by Crippen LogP contribution is 2.45. The molecule has 7 nitrogen and oxygen atoms in total. The summed E-state index contributed by atoms with van der Waals surface area (Å²) in [4.78, 5) is 10.8. The van der Waals surface area contributed by atoms with E-state index in [-0.39, 0.29) is 5.60 Å². The number of hydrogen-bond acceptors (Lipinski definition) is 6. The lowest BCUT2D eigenvalue weighted by molar-refractivity contribution is -0.154. The van der Waals surface area contributed by atoms with Crippen LogP contribution in [0.1, 0.15) is 64.4 Å². The highest BCUT2D eigenvalue weighted by Gasteiger charge is 2.48. The van der Waals surface area contributed by atoms with E-state index < -0.39 is 0 Å². The fourth-order valence-corrected chi connectivity index (χ4v) is 4.95. The zero-order chi connectivity index (χ0) is 19.8. The van der Waals surface area contributed by atoms with E-state index in [1.54, 1.807) is 0 Å². The van der Waals surface area contributed by atoms with E-state index >= 15 is 0 Å². The van der Waals surface area contributed by atoms with Gasteiger partial charge in [-0.25, -0.2) is 9.67 Å². The Morgan fingerprint density at radius 2 is 2.07 bits per heavy atom. The highest BCUT2D eigenvalue weighted by atomic mass is 16.7. The summed E-state index contributed by atoms with van der Waals surface area (Å²) in [5, 5.41) is 9.48. The second-order valence-corrected chi connectivity index (χ2v) is 8.54. The Morgan fingerprint density at radius 3 is 2.83 bits per heavy atom. The Kier molecular flexibility index (Phi) is 4.95. The van der Waals surface area contributed by atoms with Gasteiger partial charge in [-0.2, -0.15) is 5.10 Å². The van der Waals surface area contributed by atoms with Gasteiger partial charge in [0.25, 0.3) is 0 Å². The topological polar surface area (TPSA) is 73.2 Å². The average molecular weight is 398 g/mol. The number of fused-ring (bicyclic) bond motifs is 1. The number of rotatable bonds is 6. The maximum Gasteiger partial charge on any atom is 0.159 e. The standard InChI is InChI=1S/C22H31N5O2/c1-3-27-21-18(14-24-27)20(25-15-8-6-5-7-9-15)17(13-23-21)19-12-22(29-26-19)10-16(11-22)28-4-2/h12-16,26H,3-11H2,1-2H3,(H,23,25). The number of nitrogens with one attached hydrogen (secondary N) is 2. The van der Waals surface area contributed by atoms with Crippen LogP contribution in [0.2, 0.25) is 0 Å². The molecule has 2 aromatic heterocycles. The molecular weight excluding hydrogens is 366 g/mol. The third-order valence-electron chi connectivity index (χ3n) is 6.53. The first-order valence-corrected chi connectivity index (χ1v) is 11.1. The van der Waals surface area contributed by atoms with E-state index in [0.717, 1.165) is 54.0 Å². The maximum atomic E-state index is 6.00. The lowest BCUT2D eigenvalue weighted by Gasteiger charge is -2.41. The molecule has 1 aliphatic heterocycles. The van der Waals surface area contributed by atoms with Crippen molar-refractivity contribution in [3.05, 3.63) is 24.0 Å². The molecule has 1 spiro atoms. The van der Waals surface area contributed by atoms with Gasteiger partial charge in [-0.05, 0) is 32.8 Å². The molecule has 7 heteroatoms. The number of aryl methyl sites for hydroxylation is 1. The summed E-state index contributed by atoms with van der Waals surface area (Å²) in [5.74, 6) is 0. The van der Waals surface area contributed by atoms with E-state index in [9.17, 15) is 0 Å². The Morgan fingerprint density at radius 1 is 1.24 bits per heavy atom. The number of anilines is 1. The second-order valence-electron chi connectivity index (χ2n) is 8.54. The molecule has 3 heterocycles. The zero-order valence-electron chi connectivity index (χ0n) is 17.4. The summed E-state index contributed by atoms with van der Waals surface area (Å²) in [5.41, 5.74) is 7.06. The lowest BCUT2D eigenvalue weighted by atomic mass is 9.77. The first-order valence-electron chi connectivity index (χ1n) is 11.1. The molecule has 0 radical (unpaired) electrons. The van der Waals surface area contributed by atoms with Gasteiger partial charge in [0.05, 0.1) is 29.1 Å². The molecule has 0 amide bonds. The summed E-state index contributed by atoms with van der Waals surface area (Å²) in [6.45, 7) is 5.70. The molecule has 5 rings (SSSR count). The minimum atomic E-state index is -0.250. The van der Waals surface area contributed by atoms with E-state index in [2.05, 4.69) is 28.9 Å². The van der Waals surface area contributed by atoms with Gasteiger partial charge in [-0.15, -0.1) is 0 Å². The summed E-state index contributed by atoms with van der Waals surface area (Å²) in [6.07, 6.45) is 14.6. The predicted octanol–water partition coefficient (Wildman–Crippen LogP) is 4.01. The highest BCUT2D eigenvalue weighted by molar-refractivity contribution is 5.95. The number of hydroxylamine groups is 1. The van der Waals surface area contributed by atoms with Crippen molar-refractivity contribution in [3.8, 4) is 0 Å². The molecule has 0 bridgehead atoms. The first kappa shape index (κ1) is 18.9. The molecule has 2 N–H and O–H groups in total. The Balaban J connectivity index is 1.49. The number of pyridine rings is 1. The van der Waals surface area contributed by atoms with Crippen molar-refractivity contribution in [2.75, 3.05) is 11.9 Å². The SMILES string of the molecule is CCOC1CC2(C=C(c3cnc4c(cnn4CC)c3NC3CCCCC3)NO2)C1. The van der Waals surface area contributed by atoms with Crippen LogP contribution < -0.4 is 10.8 Å². The van der Waals surface area contributed by atoms with Crippen molar-refractivity contribution in [1.29, 1.82) is 0 Å². The fraction of sp³-hybridized carbons (Fsp3) is 0.636. The van der Waals surface area contributed by atoms with Crippen LogP contribution in [-0.2, 0) is 16.1 Å². The van der Waals surface area contributed by atoms with Crippen LogP contribution in [0.5, 0.6) is 0 Å². The van der Waals surface area contributed by atoms with Gasteiger partial charge in [0.2, 0.25) is 0 Å². The molecule has 2 aliphatic carbocycles. The molecule has 2 saturated carbocycles. The van der Waals surface area contributed by atoms with E-state index in [1.165, 1.54) is 32.1 Å². The minimum Gasteiger partial charge on any atom is -0.381 e. The smallest absolute Gasteiger partial charge is 0.159 e. The van der Waals surface area contributed by atoms with Crippen LogP contribution in [0.15, 0.2) is 18.5 Å². The van der Waals surface area contributed by atoms with E-state index in [4.69, 9.17) is 14.6 Å². The molecule has 0 atom stereocenters. The van der Waals surface area contributed by atoms with Gasteiger partial charge in [-0.3, -0.25) is 10.3 Å². The molecule has 156 valence electrons. The van der Waals surface area contributed by atoms with E-state index in [0.29, 0.717) is 12.1 Å². The second kappa shape index (κ2) is 7.61. The lowest BCUT2D eigenvalue weighted by Crippen LogP contribution is -2.48. The monoisotopic (exact) mass is 397 g/mol. The largest absolute Gasteiger partial charge is 0.381 e. The van der Waals surface area contributed by atoms with Crippen LogP contribution >= 0.6 is 0 Å². The summed E-state index contributed by atoms with van der Waals surface area (Å²) < 4.78 is 7.69. The number of ether oxygens (including phenoxy) is 1. The minimum absolute atomic E-state index is 0.250. The van der Waals surface area contributed by atoms with Crippen molar-refractivity contribution in [1.82, 2.24) is 20.2 Å². The first-order chi connectivity index (χ1) is 14.2. The number of aromatic nitrogens is 3. The van der Waals surface area contributed by atoms with E-state index in [1.807, 2.05) is 24.0 Å². The third kappa shape index (κ3) is 3.40. The molecule has 0 aromatic carbocycles. The summed E-state index contributed by atoms with van der Waals surface area (Å²) in [7, 11) is 0. The average Bonchev–Trinajstić information content (AvgIpc) is 3.34. The van der Waals surface area contributed by atoms with Crippen molar-refractivity contribution < 1.29 is 9.57 Å². The zero-order valence-corrected chi connectivity index (χ0v) is 17.4. The van der Waals surface area contributed by atoms with Gasteiger partial charge in [0, 0.05) is 43.8 Å². The molecule has 3 aliphatic rings. The number of hydrogen-bond donors (Lipinski definition) is 2. The van der Waals surface area contributed by atoms with Gasteiger partial charge in [0.15, 0.2) is 5.65 Å².